The van der Waals surface area contributed by atoms with Crippen molar-refractivity contribution in [2.75, 3.05) is 5.32 Å². The Morgan fingerprint density at radius 2 is 2.00 bits per heavy atom. The number of pyridine rings is 1. The molecule has 0 saturated heterocycles. The molecule has 178 valence electrons. The van der Waals surface area contributed by atoms with Gasteiger partial charge in [0.1, 0.15) is 17.0 Å². The lowest BCUT2D eigenvalue weighted by molar-refractivity contribution is -0.137. The molecule has 0 spiro atoms. The van der Waals surface area contributed by atoms with Gasteiger partial charge in [0, 0.05) is 17.6 Å². The van der Waals surface area contributed by atoms with Gasteiger partial charge < -0.3 is 14.9 Å². The monoisotopic (exact) mass is 473 g/mol. The first kappa shape index (κ1) is 22.3. The van der Waals surface area contributed by atoms with Crippen LogP contribution in [-0.2, 0) is 6.18 Å². The van der Waals surface area contributed by atoms with Crippen LogP contribution in [0.25, 0.3) is 33.7 Å². The highest BCUT2D eigenvalue weighted by atomic mass is 19.4. The van der Waals surface area contributed by atoms with Crippen LogP contribution in [0.4, 0.5) is 19.1 Å². The van der Waals surface area contributed by atoms with Gasteiger partial charge in [-0.2, -0.15) is 18.3 Å². The molecule has 12 heteroatoms. The van der Waals surface area contributed by atoms with E-state index < -0.39 is 17.8 Å². The molecule has 0 bridgehead atoms. The maximum Gasteiger partial charge on any atom is 0.420 e. The number of aliphatic hydroxyl groups excluding tert-OH is 1. The van der Waals surface area contributed by atoms with E-state index >= 15 is 0 Å². The predicted octanol–water partition coefficient (Wildman–Crippen LogP) is 4.42. The van der Waals surface area contributed by atoms with Gasteiger partial charge in [-0.1, -0.05) is 5.16 Å². The fraction of sp³-hybridized carbons (Fsp3) is 0.409. The molecule has 4 aromatic heterocycles. The topological polar surface area (TPSA) is 126 Å². The zero-order valence-electron chi connectivity index (χ0n) is 18.4. The van der Waals surface area contributed by atoms with E-state index in [0.29, 0.717) is 40.9 Å². The molecule has 1 aliphatic carbocycles. The van der Waals surface area contributed by atoms with Gasteiger partial charge in [-0.05, 0) is 51.7 Å². The summed E-state index contributed by atoms with van der Waals surface area (Å²) in [5.41, 5.74) is 0.944. The van der Waals surface area contributed by atoms with Crippen molar-refractivity contribution < 1.29 is 22.8 Å². The van der Waals surface area contributed by atoms with E-state index in [1.165, 1.54) is 0 Å². The molecular formula is C22H22F3N7O2. The SMILES string of the molecule is Cc1noc(C)c1-c1ccc2c(-c3nc(N[C@@H]4CCC[C@H](O)C4)ncc3C(F)(F)F)[nH]nc2n1. The Balaban J connectivity index is 1.56. The summed E-state index contributed by atoms with van der Waals surface area (Å²) >= 11 is 0. The molecule has 34 heavy (non-hydrogen) atoms. The van der Waals surface area contributed by atoms with Crippen LogP contribution in [0.5, 0.6) is 0 Å². The minimum atomic E-state index is -4.67. The molecule has 1 fully saturated rings. The third-order valence-corrected chi connectivity index (χ3v) is 6.02. The van der Waals surface area contributed by atoms with Crippen molar-refractivity contribution in [1.82, 2.24) is 30.3 Å². The fourth-order valence-electron chi connectivity index (χ4n) is 4.39. The first-order valence-corrected chi connectivity index (χ1v) is 10.9. The van der Waals surface area contributed by atoms with Crippen molar-refractivity contribution in [3.8, 4) is 22.6 Å². The minimum Gasteiger partial charge on any atom is -0.393 e. The maximum absolute atomic E-state index is 13.8. The summed E-state index contributed by atoms with van der Waals surface area (Å²) in [5.74, 6) is 0.643. The van der Waals surface area contributed by atoms with Crippen molar-refractivity contribution in [2.24, 2.45) is 0 Å². The number of nitrogens with one attached hydrogen (secondary N) is 2. The van der Waals surface area contributed by atoms with Crippen LogP contribution in [0.3, 0.4) is 0 Å². The van der Waals surface area contributed by atoms with Gasteiger partial charge in [0.25, 0.3) is 0 Å². The molecule has 0 amide bonds. The van der Waals surface area contributed by atoms with Crippen molar-refractivity contribution in [2.45, 2.75) is 57.9 Å². The van der Waals surface area contributed by atoms with E-state index in [9.17, 15) is 18.3 Å². The van der Waals surface area contributed by atoms with Crippen LogP contribution in [0.1, 0.15) is 42.7 Å². The standard InChI is InChI=1S/C22H22F3N7O2/c1-10-17(11(2)34-32-10)16-7-6-14-18(30-31-20(14)28-16)19-15(22(23,24)25)9-26-21(29-19)27-12-4-3-5-13(33)8-12/h6-7,9,12-13,33H,3-5,8H2,1-2H3,(H,26,27,29)(H,28,30,31)/t12-,13+/m1/s1. The lowest BCUT2D eigenvalue weighted by atomic mass is 9.93. The number of hydrogen-bond donors (Lipinski definition) is 3. The number of aromatic nitrogens is 6. The number of anilines is 1. The van der Waals surface area contributed by atoms with E-state index in [4.69, 9.17) is 4.52 Å². The average molecular weight is 473 g/mol. The van der Waals surface area contributed by atoms with Gasteiger partial charge >= 0.3 is 6.18 Å². The summed E-state index contributed by atoms with van der Waals surface area (Å²) < 4.78 is 46.6. The molecular weight excluding hydrogens is 451 g/mol. The molecule has 0 radical (unpaired) electrons. The Hall–Kier alpha value is -3.54. The van der Waals surface area contributed by atoms with Gasteiger partial charge in [0.15, 0.2) is 5.65 Å². The minimum absolute atomic E-state index is 0.0603. The Morgan fingerprint density at radius 3 is 2.71 bits per heavy atom. The Bertz CT molecular complexity index is 1330. The first-order chi connectivity index (χ1) is 16.2. The Kier molecular flexibility index (Phi) is 5.47. The van der Waals surface area contributed by atoms with Crippen molar-refractivity contribution in [3.63, 3.8) is 0 Å². The Labute approximate surface area is 191 Å². The van der Waals surface area contributed by atoms with Gasteiger partial charge in [-0.3, -0.25) is 5.10 Å². The molecule has 1 saturated carbocycles. The van der Waals surface area contributed by atoms with Gasteiger partial charge in [0.2, 0.25) is 5.95 Å². The molecule has 5 rings (SSSR count). The highest BCUT2D eigenvalue weighted by Gasteiger charge is 2.37. The predicted molar refractivity (Wildman–Crippen MR) is 117 cm³/mol. The molecule has 2 atom stereocenters. The van der Waals surface area contributed by atoms with Gasteiger partial charge in [-0.25, -0.2) is 15.0 Å². The number of fused-ring (bicyclic) bond motifs is 1. The number of nitrogens with zero attached hydrogens (tertiary/aromatic N) is 5. The number of alkyl halides is 3. The quantitative estimate of drug-likeness (QED) is 0.398. The van der Waals surface area contributed by atoms with Gasteiger partial charge in [0.05, 0.1) is 28.7 Å². The van der Waals surface area contributed by atoms with Crippen LogP contribution in [0.2, 0.25) is 0 Å². The highest BCUT2D eigenvalue weighted by Crippen LogP contribution is 2.38. The summed E-state index contributed by atoms with van der Waals surface area (Å²) in [5, 5.41) is 24.1. The molecule has 3 N–H and O–H groups in total. The molecule has 0 aliphatic heterocycles. The lowest BCUT2D eigenvalue weighted by Gasteiger charge is -2.26. The summed E-state index contributed by atoms with van der Waals surface area (Å²) in [6.45, 7) is 3.54. The molecule has 4 heterocycles. The van der Waals surface area contributed by atoms with Crippen molar-refractivity contribution in [1.29, 1.82) is 0 Å². The third kappa shape index (κ3) is 4.09. The van der Waals surface area contributed by atoms with Crippen LogP contribution >= 0.6 is 0 Å². The smallest absolute Gasteiger partial charge is 0.393 e. The fourth-order valence-corrected chi connectivity index (χ4v) is 4.39. The number of aryl methyl sites for hydroxylation is 2. The number of H-pyrrole nitrogens is 1. The van der Waals surface area contributed by atoms with E-state index in [1.807, 2.05) is 0 Å². The molecule has 4 aromatic rings. The van der Waals surface area contributed by atoms with E-state index in [1.54, 1.807) is 26.0 Å². The van der Waals surface area contributed by atoms with Crippen LogP contribution in [-0.4, -0.2) is 47.6 Å². The summed E-state index contributed by atoms with van der Waals surface area (Å²) in [4.78, 5) is 12.6. The molecule has 0 unspecified atom stereocenters. The average Bonchev–Trinajstić information content (AvgIpc) is 3.35. The van der Waals surface area contributed by atoms with E-state index in [-0.39, 0.29) is 29.0 Å². The number of halogens is 3. The summed E-state index contributed by atoms with van der Waals surface area (Å²) in [7, 11) is 0. The van der Waals surface area contributed by atoms with E-state index in [2.05, 4.69) is 35.6 Å². The normalized spacial score (nSPS) is 19.0. The first-order valence-electron chi connectivity index (χ1n) is 10.9. The number of aromatic amines is 1. The number of hydrogen-bond acceptors (Lipinski definition) is 8. The lowest BCUT2D eigenvalue weighted by Crippen LogP contribution is -2.30. The van der Waals surface area contributed by atoms with E-state index in [0.717, 1.165) is 19.0 Å². The molecule has 9 nitrogen and oxygen atoms in total. The van der Waals surface area contributed by atoms with Crippen LogP contribution in [0, 0.1) is 13.8 Å². The molecule has 1 aliphatic rings. The van der Waals surface area contributed by atoms with Gasteiger partial charge in [-0.15, -0.1) is 0 Å². The molecule has 0 aromatic carbocycles. The number of rotatable bonds is 4. The van der Waals surface area contributed by atoms with Crippen LogP contribution < -0.4 is 5.32 Å². The third-order valence-electron chi connectivity index (χ3n) is 6.02. The van der Waals surface area contributed by atoms with Crippen molar-refractivity contribution >= 4 is 17.0 Å². The zero-order valence-corrected chi connectivity index (χ0v) is 18.4. The second-order valence-corrected chi connectivity index (χ2v) is 8.48. The second-order valence-electron chi connectivity index (χ2n) is 8.48. The van der Waals surface area contributed by atoms with Crippen molar-refractivity contribution in [3.05, 3.63) is 35.3 Å². The largest absolute Gasteiger partial charge is 0.420 e. The zero-order chi connectivity index (χ0) is 24.0. The summed E-state index contributed by atoms with van der Waals surface area (Å²) in [6.07, 6.45) is -1.57. The highest BCUT2D eigenvalue weighted by molar-refractivity contribution is 5.92. The second kappa shape index (κ2) is 8.35. The Morgan fingerprint density at radius 1 is 1.18 bits per heavy atom. The van der Waals surface area contributed by atoms with Crippen LogP contribution in [0.15, 0.2) is 22.9 Å². The maximum atomic E-state index is 13.8. The summed E-state index contributed by atoms with van der Waals surface area (Å²) in [6, 6.07) is 3.21. The number of aliphatic hydroxyl groups is 1.